The first-order chi connectivity index (χ1) is 7.93. The Balaban J connectivity index is 2.60. The summed E-state index contributed by atoms with van der Waals surface area (Å²) in [6.07, 6.45) is -3.76. The molecule has 0 aliphatic rings. The highest BCUT2D eigenvalue weighted by molar-refractivity contribution is 5.81. The van der Waals surface area contributed by atoms with Gasteiger partial charge in [-0.05, 0) is 24.7 Å². The SMILES string of the molecule is CNCCC(=O)Cc1ccc(C(F)(F)F)cc1. The van der Waals surface area contributed by atoms with Gasteiger partial charge in [-0.1, -0.05) is 12.1 Å². The summed E-state index contributed by atoms with van der Waals surface area (Å²) in [5.41, 5.74) is -0.0805. The molecule has 0 radical (unpaired) electrons. The minimum Gasteiger partial charge on any atom is -0.319 e. The van der Waals surface area contributed by atoms with Gasteiger partial charge in [0.15, 0.2) is 0 Å². The second-order valence-electron chi connectivity index (χ2n) is 3.76. The van der Waals surface area contributed by atoms with Gasteiger partial charge in [-0.2, -0.15) is 13.2 Å². The van der Waals surface area contributed by atoms with Crippen LogP contribution in [-0.2, 0) is 17.4 Å². The van der Waals surface area contributed by atoms with E-state index in [0.29, 0.717) is 18.5 Å². The normalized spacial score (nSPS) is 11.5. The molecule has 0 unspecified atom stereocenters. The fourth-order valence-electron chi connectivity index (χ4n) is 1.39. The van der Waals surface area contributed by atoms with Crippen LogP contribution < -0.4 is 5.32 Å². The summed E-state index contributed by atoms with van der Waals surface area (Å²) in [5, 5.41) is 2.84. The molecule has 0 bridgehead atoms. The summed E-state index contributed by atoms with van der Waals surface area (Å²) in [6.45, 7) is 0.583. The van der Waals surface area contributed by atoms with Gasteiger partial charge in [0, 0.05) is 19.4 Å². The van der Waals surface area contributed by atoms with E-state index in [-0.39, 0.29) is 12.2 Å². The Bertz CT molecular complexity index is 370. The van der Waals surface area contributed by atoms with Gasteiger partial charge in [-0.25, -0.2) is 0 Å². The van der Waals surface area contributed by atoms with E-state index in [1.165, 1.54) is 12.1 Å². The fraction of sp³-hybridized carbons (Fsp3) is 0.417. The smallest absolute Gasteiger partial charge is 0.319 e. The maximum Gasteiger partial charge on any atom is 0.416 e. The Morgan fingerprint density at radius 2 is 1.82 bits per heavy atom. The number of nitrogens with one attached hydrogen (secondary N) is 1. The van der Waals surface area contributed by atoms with E-state index in [2.05, 4.69) is 5.32 Å². The lowest BCUT2D eigenvalue weighted by Crippen LogP contribution is -2.14. The van der Waals surface area contributed by atoms with Gasteiger partial charge in [-0.15, -0.1) is 0 Å². The minimum atomic E-state index is -4.32. The van der Waals surface area contributed by atoms with Crippen LogP contribution in [0.3, 0.4) is 0 Å². The summed E-state index contributed by atoms with van der Waals surface area (Å²) in [6, 6.07) is 4.70. The van der Waals surface area contributed by atoms with Crippen molar-refractivity contribution >= 4 is 5.78 Å². The van der Waals surface area contributed by atoms with Crippen LogP contribution >= 0.6 is 0 Å². The molecule has 0 spiro atoms. The molecule has 0 fully saturated rings. The van der Waals surface area contributed by atoms with Gasteiger partial charge in [0.05, 0.1) is 5.56 Å². The van der Waals surface area contributed by atoms with Crippen molar-refractivity contribution in [3.8, 4) is 0 Å². The molecule has 0 amide bonds. The highest BCUT2D eigenvalue weighted by atomic mass is 19.4. The average Bonchev–Trinajstić information content (AvgIpc) is 2.26. The number of benzene rings is 1. The highest BCUT2D eigenvalue weighted by Crippen LogP contribution is 2.29. The third kappa shape index (κ3) is 4.56. The molecule has 1 N–H and O–H groups in total. The van der Waals surface area contributed by atoms with Crippen molar-refractivity contribution in [1.29, 1.82) is 0 Å². The average molecular weight is 245 g/mol. The minimum absolute atomic E-state index is 0.0131. The lowest BCUT2D eigenvalue weighted by molar-refractivity contribution is -0.137. The second-order valence-corrected chi connectivity index (χ2v) is 3.76. The first kappa shape index (κ1) is 13.7. The molecule has 17 heavy (non-hydrogen) atoms. The quantitative estimate of drug-likeness (QED) is 0.863. The summed E-state index contributed by atoms with van der Waals surface area (Å²) in [4.78, 5) is 11.4. The number of halogens is 3. The summed E-state index contributed by atoms with van der Waals surface area (Å²) >= 11 is 0. The Morgan fingerprint density at radius 3 is 2.29 bits per heavy atom. The van der Waals surface area contributed by atoms with E-state index in [9.17, 15) is 18.0 Å². The van der Waals surface area contributed by atoms with E-state index in [1.807, 2.05) is 0 Å². The van der Waals surface area contributed by atoms with Crippen molar-refractivity contribution in [2.24, 2.45) is 0 Å². The van der Waals surface area contributed by atoms with Crippen LogP contribution in [0.1, 0.15) is 17.5 Å². The van der Waals surface area contributed by atoms with Crippen LogP contribution in [0.2, 0.25) is 0 Å². The molecule has 0 heterocycles. The Hall–Kier alpha value is -1.36. The van der Waals surface area contributed by atoms with E-state index in [1.54, 1.807) is 7.05 Å². The number of ketones is 1. The lowest BCUT2D eigenvalue weighted by atomic mass is 10.0. The number of carbonyl (C=O) groups is 1. The largest absolute Gasteiger partial charge is 0.416 e. The van der Waals surface area contributed by atoms with Crippen molar-refractivity contribution in [3.63, 3.8) is 0 Å². The van der Waals surface area contributed by atoms with Gasteiger partial charge in [-0.3, -0.25) is 4.79 Å². The van der Waals surface area contributed by atoms with E-state index >= 15 is 0 Å². The van der Waals surface area contributed by atoms with Crippen molar-refractivity contribution in [1.82, 2.24) is 5.32 Å². The molecule has 1 aromatic rings. The molecule has 0 aliphatic heterocycles. The molecule has 0 saturated carbocycles. The maximum absolute atomic E-state index is 12.3. The number of carbonyl (C=O) groups excluding carboxylic acids is 1. The van der Waals surface area contributed by atoms with E-state index in [4.69, 9.17) is 0 Å². The van der Waals surface area contributed by atoms with Gasteiger partial charge < -0.3 is 5.32 Å². The van der Waals surface area contributed by atoms with Crippen LogP contribution in [0.15, 0.2) is 24.3 Å². The molecule has 5 heteroatoms. The predicted octanol–water partition coefficient (Wildman–Crippen LogP) is 2.43. The van der Waals surface area contributed by atoms with Crippen molar-refractivity contribution < 1.29 is 18.0 Å². The van der Waals surface area contributed by atoms with Gasteiger partial charge in [0.25, 0.3) is 0 Å². The Labute approximate surface area is 97.8 Å². The maximum atomic E-state index is 12.3. The number of rotatable bonds is 5. The molecule has 1 rings (SSSR count). The topological polar surface area (TPSA) is 29.1 Å². The van der Waals surface area contributed by atoms with Gasteiger partial charge >= 0.3 is 6.18 Å². The summed E-state index contributed by atoms with van der Waals surface area (Å²) in [7, 11) is 1.74. The van der Waals surface area contributed by atoms with Gasteiger partial charge in [0.1, 0.15) is 5.78 Å². The third-order valence-electron chi connectivity index (χ3n) is 2.34. The Kier molecular flexibility index (Phi) is 4.69. The molecular formula is C12H14F3NO. The van der Waals surface area contributed by atoms with Crippen LogP contribution in [0.25, 0.3) is 0 Å². The van der Waals surface area contributed by atoms with Gasteiger partial charge in [0.2, 0.25) is 0 Å². The van der Waals surface area contributed by atoms with Crippen LogP contribution in [-0.4, -0.2) is 19.4 Å². The molecule has 94 valence electrons. The summed E-state index contributed by atoms with van der Waals surface area (Å²) in [5.74, 6) is 0.0131. The van der Waals surface area contributed by atoms with Crippen molar-refractivity contribution in [3.05, 3.63) is 35.4 Å². The van der Waals surface area contributed by atoms with Crippen molar-refractivity contribution in [2.45, 2.75) is 19.0 Å². The molecule has 0 atom stereocenters. The predicted molar refractivity (Wildman–Crippen MR) is 58.7 cm³/mol. The molecule has 0 aromatic heterocycles. The van der Waals surface area contributed by atoms with Crippen LogP contribution in [0.4, 0.5) is 13.2 Å². The second kappa shape index (κ2) is 5.82. The zero-order valence-corrected chi connectivity index (χ0v) is 9.47. The first-order valence-electron chi connectivity index (χ1n) is 5.26. The van der Waals surface area contributed by atoms with Crippen LogP contribution in [0.5, 0.6) is 0 Å². The molecule has 1 aromatic carbocycles. The molecule has 2 nitrogen and oxygen atoms in total. The van der Waals surface area contributed by atoms with E-state index < -0.39 is 11.7 Å². The van der Waals surface area contributed by atoms with Crippen LogP contribution in [0, 0.1) is 0 Å². The zero-order valence-electron chi connectivity index (χ0n) is 9.47. The molecule has 0 aliphatic carbocycles. The third-order valence-corrected chi connectivity index (χ3v) is 2.34. The monoisotopic (exact) mass is 245 g/mol. The fourth-order valence-corrected chi connectivity index (χ4v) is 1.39. The number of Topliss-reactive ketones (excluding diaryl/α,β-unsaturated/α-hetero) is 1. The summed E-state index contributed by atoms with van der Waals surface area (Å²) < 4.78 is 36.8. The number of hydrogen-bond donors (Lipinski definition) is 1. The first-order valence-corrected chi connectivity index (χ1v) is 5.26. The standard InChI is InChI=1S/C12H14F3NO/c1-16-7-6-11(17)8-9-2-4-10(5-3-9)12(13,14)15/h2-5,16H,6-8H2,1H3. The molecule has 0 saturated heterocycles. The lowest BCUT2D eigenvalue weighted by Gasteiger charge is -2.07. The zero-order chi connectivity index (χ0) is 12.9. The number of hydrogen-bond acceptors (Lipinski definition) is 2. The highest BCUT2D eigenvalue weighted by Gasteiger charge is 2.29. The number of alkyl halides is 3. The molecular weight excluding hydrogens is 231 g/mol. The Morgan fingerprint density at radius 1 is 1.24 bits per heavy atom. The van der Waals surface area contributed by atoms with Crippen molar-refractivity contribution in [2.75, 3.05) is 13.6 Å². The van der Waals surface area contributed by atoms with E-state index in [0.717, 1.165) is 12.1 Å².